The van der Waals surface area contributed by atoms with Crippen LogP contribution >= 0.6 is 0 Å². The molecule has 0 aromatic heterocycles. The largest absolute Gasteiger partial charge is 0.478 e. The van der Waals surface area contributed by atoms with Gasteiger partial charge in [-0.05, 0) is 42.0 Å². The van der Waals surface area contributed by atoms with E-state index in [1.54, 1.807) is 18.0 Å². The second-order valence-corrected chi connectivity index (χ2v) is 9.15. The Labute approximate surface area is 220 Å². The maximum absolute atomic E-state index is 13.1. The fourth-order valence-electron chi connectivity index (χ4n) is 4.55. The van der Waals surface area contributed by atoms with Crippen molar-refractivity contribution in [1.29, 1.82) is 0 Å². The van der Waals surface area contributed by atoms with Crippen molar-refractivity contribution in [2.75, 3.05) is 55.4 Å². The van der Waals surface area contributed by atoms with Crippen molar-refractivity contribution in [2.45, 2.75) is 0 Å². The van der Waals surface area contributed by atoms with E-state index in [2.05, 4.69) is 15.5 Å². The number of carboxylic acid groups (broad SMARTS) is 1. The molecule has 5 rings (SSSR count). The van der Waals surface area contributed by atoms with Gasteiger partial charge in [0.15, 0.2) is 0 Å². The first-order valence-corrected chi connectivity index (χ1v) is 12.3. The van der Waals surface area contributed by atoms with Gasteiger partial charge in [0.1, 0.15) is 0 Å². The molecule has 1 saturated heterocycles. The first-order valence-electron chi connectivity index (χ1n) is 12.3. The Kier molecular flexibility index (Phi) is 7.21. The van der Waals surface area contributed by atoms with Gasteiger partial charge in [0, 0.05) is 37.1 Å². The zero-order chi connectivity index (χ0) is 26.6. The van der Waals surface area contributed by atoms with Crippen LogP contribution in [0.5, 0.6) is 0 Å². The lowest BCUT2D eigenvalue weighted by atomic mass is 9.99. The number of hydrogen-bond acceptors (Lipinski definition) is 6. The highest BCUT2D eigenvalue weighted by molar-refractivity contribution is 6.37. The smallest absolute Gasteiger partial charge is 0.335 e. The van der Waals surface area contributed by atoms with Crippen molar-refractivity contribution in [3.05, 3.63) is 89.5 Å². The van der Waals surface area contributed by atoms with E-state index >= 15 is 0 Å². The Morgan fingerprint density at radius 2 is 1.71 bits per heavy atom. The first kappa shape index (κ1) is 25.2. The number of aromatic carboxylic acids is 1. The third-order valence-electron chi connectivity index (χ3n) is 6.68. The minimum Gasteiger partial charge on any atom is -0.478 e. The molecule has 0 aliphatic carbocycles. The number of anilines is 3. The summed E-state index contributed by atoms with van der Waals surface area (Å²) < 4.78 is 5.35. The summed E-state index contributed by atoms with van der Waals surface area (Å²) in [6.45, 7) is 3.10. The van der Waals surface area contributed by atoms with E-state index in [-0.39, 0.29) is 17.4 Å². The quantitative estimate of drug-likeness (QED) is 0.415. The second-order valence-electron chi connectivity index (χ2n) is 9.15. The number of likely N-dealkylation sites (N-methyl/N-ethyl adjacent to an activating group) is 1. The van der Waals surface area contributed by atoms with Crippen molar-refractivity contribution in [3.63, 3.8) is 0 Å². The molecule has 194 valence electrons. The number of nitrogens with one attached hydrogen (secondary N) is 2. The molecule has 3 aromatic rings. The van der Waals surface area contributed by atoms with Crippen molar-refractivity contribution < 1.29 is 24.2 Å². The standard InChI is InChI=1S/C29H28N4O5/c1-32(25(34)18-33-13-15-38-16-14-33)22-10-8-21(9-11-22)30-27(19-5-3-2-4-6-19)26-23-12-7-20(29(36)37)17-24(23)31-28(26)35/h2-12,17,30H,13-16,18H2,1H3,(H,31,35)(H,36,37). The van der Waals surface area contributed by atoms with Crippen molar-refractivity contribution >= 4 is 46.1 Å². The average molecular weight is 513 g/mol. The lowest BCUT2D eigenvalue weighted by molar-refractivity contribution is -0.120. The molecule has 2 aliphatic rings. The molecule has 9 nitrogen and oxygen atoms in total. The maximum Gasteiger partial charge on any atom is 0.335 e. The summed E-state index contributed by atoms with van der Waals surface area (Å²) in [6, 6.07) is 21.5. The molecule has 2 aliphatic heterocycles. The van der Waals surface area contributed by atoms with Crippen LogP contribution in [0.1, 0.15) is 21.5 Å². The van der Waals surface area contributed by atoms with Gasteiger partial charge in [-0.3, -0.25) is 14.5 Å². The minimum absolute atomic E-state index is 0.000310. The van der Waals surface area contributed by atoms with E-state index < -0.39 is 5.97 Å². The molecule has 0 unspecified atom stereocenters. The Hall–Kier alpha value is -4.47. The number of rotatable bonds is 7. The van der Waals surface area contributed by atoms with Gasteiger partial charge in [0.05, 0.1) is 42.3 Å². The number of fused-ring (bicyclic) bond motifs is 1. The normalized spacial score (nSPS) is 16.4. The van der Waals surface area contributed by atoms with Crippen LogP contribution < -0.4 is 15.5 Å². The van der Waals surface area contributed by atoms with Gasteiger partial charge in [-0.1, -0.05) is 36.4 Å². The Morgan fingerprint density at radius 1 is 1.00 bits per heavy atom. The number of benzene rings is 3. The van der Waals surface area contributed by atoms with Gasteiger partial charge in [-0.25, -0.2) is 4.79 Å². The highest BCUT2D eigenvalue weighted by Gasteiger charge is 2.29. The molecule has 2 heterocycles. The van der Waals surface area contributed by atoms with Crippen molar-refractivity contribution in [1.82, 2.24) is 4.90 Å². The van der Waals surface area contributed by atoms with E-state index in [0.29, 0.717) is 42.3 Å². The summed E-state index contributed by atoms with van der Waals surface area (Å²) >= 11 is 0. The van der Waals surface area contributed by atoms with Gasteiger partial charge in [0.25, 0.3) is 5.91 Å². The van der Waals surface area contributed by atoms with E-state index in [4.69, 9.17) is 4.74 Å². The summed E-state index contributed by atoms with van der Waals surface area (Å²) in [5, 5.41) is 15.5. The molecule has 0 radical (unpaired) electrons. The fourth-order valence-corrected chi connectivity index (χ4v) is 4.55. The van der Waals surface area contributed by atoms with E-state index in [0.717, 1.165) is 30.0 Å². The number of carbonyl (C=O) groups is 3. The van der Waals surface area contributed by atoms with Crippen LogP contribution in [0, 0.1) is 0 Å². The molecule has 0 spiro atoms. The predicted octanol–water partition coefficient (Wildman–Crippen LogP) is 3.61. The molecular formula is C29H28N4O5. The summed E-state index contributed by atoms with van der Waals surface area (Å²) in [7, 11) is 1.76. The lowest BCUT2D eigenvalue weighted by Gasteiger charge is -2.28. The SMILES string of the molecule is CN(C(=O)CN1CCOCC1)c1ccc(NC(=C2C(=O)Nc3cc(C(=O)O)ccc32)c2ccccc2)cc1. The predicted molar refractivity (Wildman–Crippen MR) is 146 cm³/mol. The van der Waals surface area contributed by atoms with Crippen LogP contribution in [0.15, 0.2) is 72.8 Å². The third-order valence-corrected chi connectivity index (χ3v) is 6.68. The number of morpholine rings is 1. The summed E-state index contributed by atoms with van der Waals surface area (Å²) in [5.74, 6) is -1.38. The van der Waals surface area contributed by atoms with E-state index in [1.165, 1.54) is 12.1 Å². The average Bonchev–Trinajstić information content (AvgIpc) is 3.27. The Balaban J connectivity index is 1.42. The van der Waals surface area contributed by atoms with Crippen molar-refractivity contribution in [2.24, 2.45) is 0 Å². The molecule has 0 bridgehead atoms. The molecule has 0 saturated carbocycles. The summed E-state index contributed by atoms with van der Waals surface area (Å²) in [6.07, 6.45) is 0. The van der Waals surface area contributed by atoms with Gasteiger partial charge >= 0.3 is 5.97 Å². The van der Waals surface area contributed by atoms with Crippen LogP contribution in [0.4, 0.5) is 17.1 Å². The zero-order valence-electron chi connectivity index (χ0n) is 20.9. The monoisotopic (exact) mass is 512 g/mol. The lowest BCUT2D eigenvalue weighted by Crippen LogP contribution is -2.43. The van der Waals surface area contributed by atoms with Crippen LogP contribution in [-0.4, -0.2) is 67.7 Å². The van der Waals surface area contributed by atoms with Crippen LogP contribution in [0.3, 0.4) is 0 Å². The van der Waals surface area contributed by atoms with Crippen LogP contribution in [0.25, 0.3) is 11.3 Å². The molecule has 0 atom stereocenters. The molecule has 9 heteroatoms. The van der Waals surface area contributed by atoms with Crippen molar-refractivity contribution in [3.8, 4) is 0 Å². The number of hydrogen-bond donors (Lipinski definition) is 3. The Bertz CT molecular complexity index is 1400. The summed E-state index contributed by atoms with van der Waals surface area (Å²) in [5.41, 5.74) is 4.48. The van der Waals surface area contributed by atoms with Gasteiger partial charge in [-0.15, -0.1) is 0 Å². The summed E-state index contributed by atoms with van der Waals surface area (Å²) in [4.78, 5) is 41.0. The Morgan fingerprint density at radius 3 is 2.39 bits per heavy atom. The molecular weight excluding hydrogens is 484 g/mol. The van der Waals surface area contributed by atoms with E-state index in [9.17, 15) is 19.5 Å². The number of amides is 2. The zero-order valence-corrected chi connectivity index (χ0v) is 20.9. The van der Waals surface area contributed by atoms with Crippen LogP contribution in [-0.2, 0) is 14.3 Å². The van der Waals surface area contributed by atoms with E-state index in [1.807, 2.05) is 54.6 Å². The fraction of sp³-hybridized carbons (Fsp3) is 0.207. The first-order chi connectivity index (χ1) is 18.4. The van der Waals surface area contributed by atoms with Gasteiger partial charge in [0.2, 0.25) is 5.91 Å². The molecule has 2 amide bonds. The molecule has 38 heavy (non-hydrogen) atoms. The number of nitrogens with zero attached hydrogens (tertiary/aromatic N) is 2. The number of ether oxygens (including phenoxy) is 1. The topological polar surface area (TPSA) is 111 Å². The minimum atomic E-state index is -1.06. The number of carboxylic acids is 1. The van der Waals surface area contributed by atoms with Gasteiger partial charge < -0.3 is 25.4 Å². The van der Waals surface area contributed by atoms with Crippen LogP contribution in [0.2, 0.25) is 0 Å². The third kappa shape index (κ3) is 5.29. The number of carbonyl (C=O) groups excluding carboxylic acids is 2. The maximum atomic E-state index is 13.1. The molecule has 3 N–H and O–H groups in total. The highest BCUT2D eigenvalue weighted by atomic mass is 16.5. The second kappa shape index (κ2) is 10.9. The highest BCUT2D eigenvalue weighted by Crippen LogP contribution is 2.38. The van der Waals surface area contributed by atoms with Gasteiger partial charge in [-0.2, -0.15) is 0 Å². The molecule has 3 aromatic carbocycles. The molecule has 1 fully saturated rings.